The normalized spacial score (nSPS) is 23.2. The van der Waals surface area contributed by atoms with Crippen molar-refractivity contribution in [2.75, 3.05) is 0 Å². The van der Waals surface area contributed by atoms with Crippen LogP contribution in [0, 0.1) is 5.92 Å². The van der Waals surface area contributed by atoms with Crippen molar-refractivity contribution < 1.29 is 19.8 Å². The van der Waals surface area contributed by atoms with Crippen molar-refractivity contribution in [2.45, 2.75) is 12.8 Å². The maximum atomic E-state index is 11.3. The highest BCUT2D eigenvalue weighted by molar-refractivity contribution is 7.10. The zero-order chi connectivity index (χ0) is 13.3. The second kappa shape index (κ2) is 4.69. The molecule has 1 aromatic rings. The van der Waals surface area contributed by atoms with Crippen LogP contribution >= 0.6 is 11.3 Å². The Hall–Kier alpha value is -2.02. The van der Waals surface area contributed by atoms with E-state index in [9.17, 15) is 14.7 Å². The Balaban J connectivity index is 2.54. The smallest absolute Gasteiger partial charge is 0.352 e. The van der Waals surface area contributed by atoms with E-state index in [2.05, 4.69) is 10.2 Å². The highest BCUT2D eigenvalue weighted by Gasteiger charge is 2.41. The molecule has 2 rings (SSSR count). The Morgan fingerprint density at radius 2 is 2.06 bits per heavy atom. The lowest BCUT2D eigenvalue weighted by molar-refractivity contribution is -0.139. The predicted octanol–water partition coefficient (Wildman–Crippen LogP) is 1.45. The van der Waals surface area contributed by atoms with E-state index < -0.39 is 23.8 Å². The molecular weight excluding hydrogens is 256 g/mol. The molecule has 0 amide bonds. The van der Waals surface area contributed by atoms with Crippen molar-refractivity contribution in [3.63, 3.8) is 0 Å². The number of hydrogen-bond acceptors (Lipinski definition) is 5. The second-order valence-electron chi connectivity index (χ2n) is 3.84. The van der Waals surface area contributed by atoms with E-state index in [1.165, 1.54) is 11.3 Å². The van der Waals surface area contributed by atoms with E-state index in [4.69, 9.17) is 5.11 Å². The van der Waals surface area contributed by atoms with E-state index in [1.807, 2.05) is 0 Å². The van der Waals surface area contributed by atoms with Crippen molar-refractivity contribution in [3.8, 4) is 0 Å². The number of carboxylic acid groups (broad SMARTS) is 2. The van der Waals surface area contributed by atoms with Gasteiger partial charge in [-0.1, -0.05) is 6.07 Å². The molecule has 0 aliphatic carbocycles. The first-order valence-electron chi connectivity index (χ1n) is 5.14. The van der Waals surface area contributed by atoms with Gasteiger partial charge in [0, 0.05) is 4.88 Å². The van der Waals surface area contributed by atoms with Crippen LogP contribution in [0.25, 0.3) is 0 Å². The van der Waals surface area contributed by atoms with Crippen LogP contribution in [0.3, 0.4) is 0 Å². The van der Waals surface area contributed by atoms with E-state index in [1.54, 1.807) is 24.4 Å². The van der Waals surface area contributed by atoms with E-state index in [0.717, 1.165) is 0 Å². The lowest BCUT2D eigenvalue weighted by atomic mass is 9.83. The van der Waals surface area contributed by atoms with Crippen LogP contribution < -0.4 is 0 Å². The first-order chi connectivity index (χ1) is 8.52. The van der Waals surface area contributed by atoms with Crippen molar-refractivity contribution >= 4 is 34.7 Å². The van der Waals surface area contributed by atoms with Gasteiger partial charge in [0.15, 0.2) is 5.71 Å². The highest BCUT2D eigenvalue weighted by atomic mass is 32.1. The summed E-state index contributed by atoms with van der Waals surface area (Å²) < 4.78 is 0. The molecule has 2 N–H and O–H groups in total. The van der Waals surface area contributed by atoms with Gasteiger partial charge < -0.3 is 10.2 Å². The summed E-state index contributed by atoms with van der Waals surface area (Å²) in [6, 6.07) is 3.46. The zero-order valence-corrected chi connectivity index (χ0v) is 10.2. The van der Waals surface area contributed by atoms with Crippen LogP contribution in [-0.2, 0) is 9.59 Å². The fraction of sp³-hybridized carbons (Fsp3) is 0.273. The standard InChI is InChI=1S/C11H10N2O4S/c1-5-7(10(14)15)8(6-3-2-4-18-6)9(11(16)17)13-12-5/h2-4,7-8H,1H3,(H,14,15)(H,16,17). The summed E-state index contributed by atoms with van der Waals surface area (Å²) in [6.45, 7) is 1.54. The molecule has 1 aliphatic rings. The molecule has 0 spiro atoms. The van der Waals surface area contributed by atoms with Crippen LogP contribution in [0.4, 0.5) is 0 Å². The van der Waals surface area contributed by atoms with Crippen molar-refractivity contribution in [3.05, 3.63) is 22.4 Å². The quantitative estimate of drug-likeness (QED) is 0.864. The van der Waals surface area contributed by atoms with Gasteiger partial charge in [0.05, 0.1) is 11.6 Å². The molecule has 6 nitrogen and oxygen atoms in total. The first kappa shape index (κ1) is 12.4. The Labute approximate surface area is 106 Å². The lowest BCUT2D eigenvalue weighted by Crippen LogP contribution is -2.38. The fourth-order valence-electron chi connectivity index (χ4n) is 1.92. The number of carboxylic acids is 2. The molecule has 2 atom stereocenters. The van der Waals surface area contributed by atoms with Gasteiger partial charge in [-0.05, 0) is 18.4 Å². The van der Waals surface area contributed by atoms with Crippen molar-refractivity contribution in [2.24, 2.45) is 16.1 Å². The van der Waals surface area contributed by atoms with Gasteiger partial charge in [-0.15, -0.1) is 16.4 Å². The summed E-state index contributed by atoms with van der Waals surface area (Å²) >= 11 is 1.31. The third-order valence-electron chi connectivity index (χ3n) is 2.73. The number of aliphatic carboxylic acids is 2. The number of hydrogen-bond donors (Lipinski definition) is 2. The maximum absolute atomic E-state index is 11.3. The molecular formula is C11H10N2O4S. The lowest BCUT2D eigenvalue weighted by Gasteiger charge is -2.24. The molecule has 0 fully saturated rings. The summed E-state index contributed by atoms with van der Waals surface area (Å²) in [5.41, 5.74) is 0.0846. The van der Waals surface area contributed by atoms with Crippen LogP contribution in [-0.4, -0.2) is 33.6 Å². The van der Waals surface area contributed by atoms with Gasteiger partial charge in [-0.2, -0.15) is 5.10 Å². The van der Waals surface area contributed by atoms with Gasteiger partial charge in [0.25, 0.3) is 0 Å². The molecule has 1 aromatic heterocycles. The minimum absolute atomic E-state index is 0.226. The van der Waals surface area contributed by atoms with Gasteiger partial charge in [0.2, 0.25) is 0 Å². The third kappa shape index (κ3) is 2.04. The largest absolute Gasteiger partial charge is 0.481 e. The van der Waals surface area contributed by atoms with Crippen LogP contribution in [0.15, 0.2) is 27.7 Å². The molecule has 0 bridgehead atoms. The van der Waals surface area contributed by atoms with Gasteiger partial charge >= 0.3 is 11.9 Å². The molecule has 94 valence electrons. The molecule has 18 heavy (non-hydrogen) atoms. The second-order valence-corrected chi connectivity index (χ2v) is 4.82. The van der Waals surface area contributed by atoms with Gasteiger partial charge in [-0.3, -0.25) is 4.79 Å². The average Bonchev–Trinajstić information content (AvgIpc) is 2.80. The SMILES string of the molecule is CC1=NN=C(C(=O)O)C(c2cccs2)C1C(=O)O. The van der Waals surface area contributed by atoms with E-state index in [-0.39, 0.29) is 5.71 Å². The Kier molecular flexibility index (Phi) is 3.24. The summed E-state index contributed by atoms with van der Waals surface area (Å²) in [5.74, 6) is -4.09. The monoisotopic (exact) mass is 266 g/mol. The van der Waals surface area contributed by atoms with Crippen molar-refractivity contribution in [1.82, 2.24) is 0 Å². The summed E-state index contributed by atoms with van der Waals surface area (Å²) in [6.07, 6.45) is 0. The molecule has 0 saturated heterocycles. The molecule has 0 saturated carbocycles. The fourth-order valence-corrected chi connectivity index (χ4v) is 2.79. The number of carbonyl (C=O) groups is 2. The van der Waals surface area contributed by atoms with E-state index >= 15 is 0 Å². The maximum Gasteiger partial charge on any atom is 0.352 e. The minimum Gasteiger partial charge on any atom is -0.481 e. The number of thiophene rings is 1. The first-order valence-corrected chi connectivity index (χ1v) is 6.02. The van der Waals surface area contributed by atoms with Crippen LogP contribution in [0.2, 0.25) is 0 Å². The Morgan fingerprint density at radius 1 is 1.33 bits per heavy atom. The van der Waals surface area contributed by atoms with Gasteiger partial charge in [0.1, 0.15) is 5.92 Å². The number of rotatable bonds is 3. The molecule has 2 heterocycles. The van der Waals surface area contributed by atoms with Crippen LogP contribution in [0.5, 0.6) is 0 Å². The third-order valence-corrected chi connectivity index (χ3v) is 3.68. The zero-order valence-electron chi connectivity index (χ0n) is 9.40. The molecule has 0 aromatic carbocycles. The topological polar surface area (TPSA) is 99.3 Å². The molecule has 7 heteroatoms. The van der Waals surface area contributed by atoms with Crippen molar-refractivity contribution in [1.29, 1.82) is 0 Å². The Bertz CT molecular complexity index is 547. The average molecular weight is 266 g/mol. The minimum atomic E-state index is -1.24. The van der Waals surface area contributed by atoms with Gasteiger partial charge in [-0.25, -0.2) is 4.79 Å². The van der Waals surface area contributed by atoms with Crippen LogP contribution in [0.1, 0.15) is 17.7 Å². The number of nitrogens with zero attached hydrogens (tertiary/aromatic N) is 2. The summed E-state index contributed by atoms with van der Waals surface area (Å²) in [7, 11) is 0. The molecule has 0 radical (unpaired) electrons. The molecule has 2 unspecified atom stereocenters. The predicted molar refractivity (Wildman–Crippen MR) is 66.4 cm³/mol. The molecule has 1 aliphatic heterocycles. The summed E-state index contributed by atoms with van der Waals surface area (Å²) in [5, 5.41) is 27.4. The highest BCUT2D eigenvalue weighted by Crippen LogP contribution is 2.33. The summed E-state index contributed by atoms with van der Waals surface area (Å²) in [4.78, 5) is 23.1. The van der Waals surface area contributed by atoms with E-state index in [0.29, 0.717) is 10.6 Å². The Morgan fingerprint density at radius 3 is 2.56 bits per heavy atom.